The molecule has 1 amide bonds. The summed E-state index contributed by atoms with van der Waals surface area (Å²) in [7, 11) is 0. The first-order valence-electron chi connectivity index (χ1n) is 10.7. The molecular weight excluding hydrogens is 390 g/mol. The number of rotatable bonds is 4. The van der Waals surface area contributed by atoms with Gasteiger partial charge in [0, 0.05) is 12.1 Å². The maximum atomic E-state index is 13.3. The third-order valence-electron chi connectivity index (χ3n) is 6.61. The molecule has 2 aliphatic heterocycles. The first kappa shape index (κ1) is 18.3. The summed E-state index contributed by atoms with van der Waals surface area (Å²) >= 11 is 0. The number of ether oxygens (including phenoxy) is 3. The van der Waals surface area contributed by atoms with E-state index in [1.54, 1.807) is 0 Å². The number of fused-ring (bicyclic) bond motifs is 2. The fourth-order valence-corrected chi connectivity index (χ4v) is 4.58. The Morgan fingerprint density at radius 2 is 1.74 bits per heavy atom. The summed E-state index contributed by atoms with van der Waals surface area (Å²) in [6, 6.07) is 18.3. The van der Waals surface area contributed by atoms with Gasteiger partial charge in [-0.25, -0.2) is 0 Å². The van der Waals surface area contributed by atoms with Gasteiger partial charge in [-0.1, -0.05) is 18.2 Å². The van der Waals surface area contributed by atoms with Crippen LogP contribution in [0.2, 0.25) is 0 Å². The summed E-state index contributed by atoms with van der Waals surface area (Å²) in [5.41, 5.74) is 6.00. The van der Waals surface area contributed by atoms with Gasteiger partial charge in [-0.3, -0.25) is 4.79 Å². The molecule has 0 bridgehead atoms. The summed E-state index contributed by atoms with van der Waals surface area (Å²) < 4.78 is 16.5. The minimum Gasteiger partial charge on any atom is -0.493 e. The van der Waals surface area contributed by atoms with E-state index in [1.165, 1.54) is 11.1 Å². The smallest absolute Gasteiger partial charge is 0.235 e. The van der Waals surface area contributed by atoms with Crippen molar-refractivity contribution in [1.82, 2.24) is 0 Å². The zero-order valence-corrected chi connectivity index (χ0v) is 17.4. The van der Waals surface area contributed by atoms with Gasteiger partial charge in [0.15, 0.2) is 11.5 Å². The molecule has 156 valence electrons. The predicted molar refractivity (Wildman–Crippen MR) is 118 cm³/mol. The predicted octanol–water partition coefficient (Wildman–Crippen LogP) is 5.00. The van der Waals surface area contributed by atoms with E-state index in [2.05, 4.69) is 36.5 Å². The first-order valence-corrected chi connectivity index (χ1v) is 10.7. The number of carbonyl (C=O) groups is 1. The SMILES string of the molecule is Cc1ccc(NC(=O)C2(c3ccc4c(c3)OCO4)CC2)cc1-c1ccc2c(c1)CCO2. The number of aryl methyl sites for hydroxylation is 1. The minimum absolute atomic E-state index is 0.0310. The van der Waals surface area contributed by atoms with Gasteiger partial charge in [-0.15, -0.1) is 0 Å². The van der Waals surface area contributed by atoms with Crippen molar-refractivity contribution in [3.63, 3.8) is 0 Å². The van der Waals surface area contributed by atoms with Crippen LogP contribution in [0.4, 0.5) is 5.69 Å². The number of anilines is 1. The van der Waals surface area contributed by atoms with Gasteiger partial charge in [0.2, 0.25) is 12.7 Å². The zero-order valence-electron chi connectivity index (χ0n) is 17.4. The van der Waals surface area contributed by atoms with E-state index < -0.39 is 5.41 Å². The van der Waals surface area contributed by atoms with Crippen LogP contribution in [-0.4, -0.2) is 19.3 Å². The Bertz CT molecular complexity index is 1210. The fraction of sp³-hybridized carbons (Fsp3) is 0.269. The highest BCUT2D eigenvalue weighted by molar-refractivity contribution is 6.02. The van der Waals surface area contributed by atoms with Crippen molar-refractivity contribution in [3.8, 4) is 28.4 Å². The van der Waals surface area contributed by atoms with Crippen LogP contribution in [0.25, 0.3) is 11.1 Å². The highest BCUT2D eigenvalue weighted by atomic mass is 16.7. The molecule has 1 aliphatic carbocycles. The molecule has 0 radical (unpaired) electrons. The normalized spacial score (nSPS) is 17.1. The second-order valence-electron chi connectivity index (χ2n) is 8.55. The molecule has 0 spiro atoms. The molecule has 0 atom stereocenters. The van der Waals surface area contributed by atoms with E-state index in [1.807, 2.05) is 30.3 Å². The summed E-state index contributed by atoms with van der Waals surface area (Å²) in [6.45, 7) is 3.08. The van der Waals surface area contributed by atoms with Gasteiger partial charge in [-0.05, 0) is 84.0 Å². The third-order valence-corrected chi connectivity index (χ3v) is 6.61. The van der Waals surface area contributed by atoms with Gasteiger partial charge < -0.3 is 19.5 Å². The highest BCUT2D eigenvalue weighted by Gasteiger charge is 2.51. The number of benzene rings is 3. The summed E-state index contributed by atoms with van der Waals surface area (Å²) in [4.78, 5) is 13.3. The van der Waals surface area contributed by atoms with E-state index in [9.17, 15) is 4.79 Å². The van der Waals surface area contributed by atoms with Gasteiger partial charge in [-0.2, -0.15) is 0 Å². The minimum atomic E-state index is -0.489. The van der Waals surface area contributed by atoms with Crippen molar-refractivity contribution in [2.45, 2.75) is 31.6 Å². The molecular formula is C26H23NO4. The van der Waals surface area contributed by atoms with Crippen LogP contribution in [0.5, 0.6) is 17.2 Å². The quantitative estimate of drug-likeness (QED) is 0.654. The first-order chi connectivity index (χ1) is 15.1. The molecule has 6 rings (SSSR count). The molecule has 5 nitrogen and oxygen atoms in total. The number of amides is 1. The van der Waals surface area contributed by atoms with Crippen molar-refractivity contribution >= 4 is 11.6 Å². The molecule has 1 N–H and O–H groups in total. The Kier molecular flexibility index (Phi) is 4.00. The summed E-state index contributed by atoms with van der Waals surface area (Å²) in [6.07, 6.45) is 2.61. The molecule has 3 aromatic carbocycles. The van der Waals surface area contributed by atoms with Gasteiger partial charge in [0.25, 0.3) is 0 Å². The maximum absolute atomic E-state index is 13.3. The van der Waals surface area contributed by atoms with Crippen LogP contribution < -0.4 is 19.5 Å². The van der Waals surface area contributed by atoms with Crippen molar-refractivity contribution < 1.29 is 19.0 Å². The fourth-order valence-electron chi connectivity index (χ4n) is 4.58. The Balaban J connectivity index is 1.27. The van der Waals surface area contributed by atoms with E-state index >= 15 is 0 Å². The van der Waals surface area contributed by atoms with Gasteiger partial charge in [0.1, 0.15) is 5.75 Å². The molecule has 2 heterocycles. The standard InChI is InChI=1S/C26H23NO4/c1-16-2-5-20(14-21(16)17-3-6-22-18(12-17)8-11-29-22)27-25(28)26(9-10-26)19-4-7-23-24(13-19)31-15-30-23/h2-7,12-14H,8-11,15H2,1H3,(H,27,28). The third kappa shape index (κ3) is 3.03. The number of hydrogen-bond acceptors (Lipinski definition) is 4. The van der Waals surface area contributed by atoms with Crippen LogP contribution in [0.15, 0.2) is 54.6 Å². The Morgan fingerprint density at radius 1 is 0.903 bits per heavy atom. The molecule has 1 fully saturated rings. The zero-order chi connectivity index (χ0) is 21.0. The number of carbonyl (C=O) groups excluding carboxylic acids is 1. The van der Waals surface area contributed by atoms with Crippen LogP contribution >= 0.6 is 0 Å². The topological polar surface area (TPSA) is 56.8 Å². The monoisotopic (exact) mass is 413 g/mol. The molecule has 5 heteroatoms. The number of nitrogens with one attached hydrogen (secondary N) is 1. The molecule has 3 aromatic rings. The molecule has 1 saturated carbocycles. The van der Waals surface area contributed by atoms with Crippen LogP contribution in [0.3, 0.4) is 0 Å². The molecule has 0 aromatic heterocycles. The van der Waals surface area contributed by atoms with Gasteiger partial charge in [0.05, 0.1) is 12.0 Å². The van der Waals surface area contributed by atoms with Crippen molar-refractivity contribution in [1.29, 1.82) is 0 Å². The summed E-state index contributed by atoms with van der Waals surface area (Å²) in [5.74, 6) is 2.46. The van der Waals surface area contributed by atoms with Crippen molar-refractivity contribution in [2.24, 2.45) is 0 Å². The molecule has 0 saturated heterocycles. The highest BCUT2D eigenvalue weighted by Crippen LogP contribution is 2.51. The molecule has 0 unspecified atom stereocenters. The lowest BCUT2D eigenvalue weighted by atomic mass is 9.94. The maximum Gasteiger partial charge on any atom is 0.235 e. The van der Waals surface area contributed by atoms with Crippen molar-refractivity contribution in [3.05, 3.63) is 71.3 Å². The Hall–Kier alpha value is -3.47. The van der Waals surface area contributed by atoms with E-state index in [0.29, 0.717) is 0 Å². The number of hydrogen-bond donors (Lipinski definition) is 1. The van der Waals surface area contributed by atoms with Crippen LogP contribution in [0, 0.1) is 6.92 Å². The average molecular weight is 413 g/mol. The average Bonchev–Trinajstić information content (AvgIpc) is 3.24. The van der Waals surface area contributed by atoms with E-state index in [0.717, 1.165) is 65.5 Å². The lowest BCUT2D eigenvalue weighted by Crippen LogP contribution is -2.27. The van der Waals surface area contributed by atoms with E-state index in [-0.39, 0.29) is 12.7 Å². The summed E-state index contributed by atoms with van der Waals surface area (Å²) in [5, 5.41) is 3.16. The lowest BCUT2D eigenvalue weighted by Gasteiger charge is -2.17. The van der Waals surface area contributed by atoms with E-state index in [4.69, 9.17) is 14.2 Å². The Morgan fingerprint density at radius 3 is 2.61 bits per heavy atom. The van der Waals surface area contributed by atoms with Crippen molar-refractivity contribution in [2.75, 3.05) is 18.7 Å². The second kappa shape index (κ2) is 6.77. The van der Waals surface area contributed by atoms with Gasteiger partial charge >= 0.3 is 0 Å². The van der Waals surface area contributed by atoms with Crippen LogP contribution in [-0.2, 0) is 16.6 Å². The second-order valence-corrected chi connectivity index (χ2v) is 8.55. The largest absolute Gasteiger partial charge is 0.493 e. The Labute approximate surface area is 180 Å². The molecule has 3 aliphatic rings. The molecule has 31 heavy (non-hydrogen) atoms. The van der Waals surface area contributed by atoms with Crippen LogP contribution in [0.1, 0.15) is 29.5 Å². The lowest BCUT2D eigenvalue weighted by molar-refractivity contribution is -0.118.